The lowest BCUT2D eigenvalue weighted by Gasteiger charge is -2.34. The Labute approximate surface area is 118 Å². The predicted octanol–water partition coefficient (Wildman–Crippen LogP) is 2.78. The molecule has 0 aromatic carbocycles. The van der Waals surface area contributed by atoms with E-state index in [0.717, 1.165) is 25.7 Å². The van der Waals surface area contributed by atoms with Gasteiger partial charge in [-0.2, -0.15) is 0 Å². The summed E-state index contributed by atoms with van der Waals surface area (Å²) in [6, 6.07) is 3.43. The molecule has 0 bridgehead atoms. The molecule has 0 saturated heterocycles. The molecule has 1 atom stereocenters. The maximum Gasteiger partial charge on any atom is 0.308 e. The number of aliphatic carboxylic acids is 1. The van der Waals surface area contributed by atoms with E-state index in [1.165, 1.54) is 12.7 Å². The Bertz CT molecular complexity index is 448. The first kappa shape index (κ1) is 14.6. The van der Waals surface area contributed by atoms with Crippen LogP contribution in [0.3, 0.4) is 0 Å². The summed E-state index contributed by atoms with van der Waals surface area (Å²) in [5, 5.41) is 9.08. The molecule has 2 rings (SSSR count). The Morgan fingerprint density at radius 1 is 1.40 bits per heavy atom. The molecule has 1 aliphatic rings. The highest BCUT2D eigenvalue weighted by Gasteiger charge is 2.30. The molecule has 1 saturated carbocycles. The zero-order valence-corrected chi connectivity index (χ0v) is 11.7. The minimum Gasteiger partial charge on any atom is -0.481 e. The van der Waals surface area contributed by atoms with Gasteiger partial charge < -0.3 is 14.4 Å². The summed E-state index contributed by atoms with van der Waals surface area (Å²) < 4.78 is 5.17. The minimum atomic E-state index is -0.877. The van der Waals surface area contributed by atoms with Gasteiger partial charge in [0.2, 0.25) is 0 Å². The highest BCUT2D eigenvalue weighted by atomic mass is 16.4. The molecular formula is C15H21NO4. The lowest BCUT2D eigenvalue weighted by molar-refractivity contribution is -0.141. The van der Waals surface area contributed by atoms with Crippen molar-refractivity contribution >= 4 is 11.9 Å². The number of hydrogen-bond donors (Lipinski definition) is 1. The molecule has 110 valence electrons. The van der Waals surface area contributed by atoms with Gasteiger partial charge in [0.1, 0.15) is 0 Å². The van der Waals surface area contributed by atoms with E-state index in [1.807, 2.05) is 0 Å². The molecule has 20 heavy (non-hydrogen) atoms. The fourth-order valence-corrected chi connectivity index (χ4v) is 2.71. The van der Waals surface area contributed by atoms with Crippen LogP contribution in [-0.4, -0.2) is 34.5 Å². The first-order chi connectivity index (χ1) is 9.59. The molecule has 1 aromatic rings. The van der Waals surface area contributed by atoms with Crippen LogP contribution >= 0.6 is 0 Å². The van der Waals surface area contributed by atoms with E-state index in [1.54, 1.807) is 24.0 Å². The Kier molecular flexibility index (Phi) is 4.82. The van der Waals surface area contributed by atoms with E-state index < -0.39 is 11.9 Å². The summed E-state index contributed by atoms with van der Waals surface area (Å²) in [4.78, 5) is 25.3. The topological polar surface area (TPSA) is 70.8 Å². The molecule has 0 radical (unpaired) electrons. The van der Waals surface area contributed by atoms with Crippen molar-refractivity contribution in [3.8, 4) is 0 Å². The fraction of sp³-hybridized carbons (Fsp3) is 0.600. The maximum atomic E-state index is 12.5. The summed E-state index contributed by atoms with van der Waals surface area (Å²) in [6.07, 6.45) is 6.72. The summed E-state index contributed by atoms with van der Waals surface area (Å²) in [5.41, 5.74) is 0. The molecular weight excluding hydrogens is 258 g/mol. The lowest BCUT2D eigenvalue weighted by atomic mass is 9.93. The van der Waals surface area contributed by atoms with E-state index in [4.69, 9.17) is 9.52 Å². The quantitative estimate of drug-likeness (QED) is 0.899. The Morgan fingerprint density at radius 2 is 2.10 bits per heavy atom. The van der Waals surface area contributed by atoms with E-state index in [9.17, 15) is 9.59 Å². The second kappa shape index (κ2) is 6.59. The van der Waals surface area contributed by atoms with Crippen molar-refractivity contribution in [1.29, 1.82) is 0 Å². The van der Waals surface area contributed by atoms with Crippen LogP contribution in [0.1, 0.15) is 49.6 Å². The average Bonchev–Trinajstić information content (AvgIpc) is 2.98. The smallest absolute Gasteiger partial charge is 0.308 e. The molecule has 1 fully saturated rings. The molecule has 1 amide bonds. The highest BCUT2D eigenvalue weighted by molar-refractivity contribution is 5.92. The molecule has 0 aliphatic heterocycles. The van der Waals surface area contributed by atoms with Crippen molar-refractivity contribution in [3.05, 3.63) is 24.2 Å². The fourth-order valence-electron chi connectivity index (χ4n) is 2.71. The average molecular weight is 279 g/mol. The van der Waals surface area contributed by atoms with Crippen LogP contribution in [0.15, 0.2) is 22.8 Å². The van der Waals surface area contributed by atoms with Crippen LogP contribution in [0.25, 0.3) is 0 Å². The summed E-state index contributed by atoms with van der Waals surface area (Å²) in [6.45, 7) is 1.87. The van der Waals surface area contributed by atoms with Gasteiger partial charge in [-0.05, 0) is 25.0 Å². The zero-order chi connectivity index (χ0) is 14.5. The number of carboxylic acids is 1. The number of furan rings is 1. The van der Waals surface area contributed by atoms with Crippen molar-refractivity contribution in [2.45, 2.75) is 45.1 Å². The third kappa shape index (κ3) is 3.40. The van der Waals surface area contributed by atoms with E-state index in [2.05, 4.69) is 0 Å². The van der Waals surface area contributed by atoms with Crippen molar-refractivity contribution in [2.75, 3.05) is 6.54 Å². The monoisotopic (exact) mass is 279 g/mol. The van der Waals surface area contributed by atoms with Crippen LogP contribution in [0, 0.1) is 5.92 Å². The summed E-state index contributed by atoms with van der Waals surface area (Å²) in [7, 11) is 0. The number of carbonyl (C=O) groups excluding carboxylic acids is 1. The van der Waals surface area contributed by atoms with Crippen molar-refractivity contribution in [2.24, 2.45) is 5.92 Å². The summed E-state index contributed by atoms with van der Waals surface area (Å²) in [5.74, 6) is -1.36. The Hall–Kier alpha value is -1.78. The van der Waals surface area contributed by atoms with Gasteiger partial charge in [-0.25, -0.2) is 0 Å². The number of amides is 1. The molecule has 1 aliphatic carbocycles. The van der Waals surface area contributed by atoms with Gasteiger partial charge in [-0.15, -0.1) is 0 Å². The largest absolute Gasteiger partial charge is 0.481 e. The number of hydrogen-bond acceptors (Lipinski definition) is 3. The third-order valence-electron chi connectivity index (χ3n) is 3.90. The van der Waals surface area contributed by atoms with Crippen LogP contribution in [0.4, 0.5) is 0 Å². The van der Waals surface area contributed by atoms with Gasteiger partial charge in [0.05, 0.1) is 12.2 Å². The zero-order valence-electron chi connectivity index (χ0n) is 11.7. The van der Waals surface area contributed by atoms with Gasteiger partial charge in [-0.3, -0.25) is 9.59 Å². The van der Waals surface area contributed by atoms with E-state index >= 15 is 0 Å². The van der Waals surface area contributed by atoms with Crippen molar-refractivity contribution < 1.29 is 19.1 Å². The van der Waals surface area contributed by atoms with Gasteiger partial charge >= 0.3 is 5.97 Å². The Morgan fingerprint density at radius 3 is 2.65 bits per heavy atom. The normalized spacial score (nSPS) is 17.6. The van der Waals surface area contributed by atoms with Crippen LogP contribution in [0.5, 0.6) is 0 Å². The second-order valence-corrected chi connectivity index (χ2v) is 5.47. The predicted molar refractivity (Wildman–Crippen MR) is 73.4 cm³/mol. The van der Waals surface area contributed by atoms with Crippen LogP contribution in [0.2, 0.25) is 0 Å². The first-order valence-electron chi connectivity index (χ1n) is 7.17. The maximum absolute atomic E-state index is 12.5. The molecule has 1 aromatic heterocycles. The Balaban J connectivity index is 2.14. The first-order valence-corrected chi connectivity index (χ1v) is 7.17. The number of carbonyl (C=O) groups is 2. The number of nitrogens with zero attached hydrogens (tertiary/aromatic N) is 1. The molecule has 1 N–H and O–H groups in total. The second-order valence-electron chi connectivity index (χ2n) is 5.47. The molecule has 5 nitrogen and oxygen atoms in total. The van der Waals surface area contributed by atoms with E-state index in [-0.39, 0.29) is 24.3 Å². The van der Waals surface area contributed by atoms with Crippen molar-refractivity contribution in [3.63, 3.8) is 0 Å². The van der Waals surface area contributed by atoms with Crippen LogP contribution < -0.4 is 0 Å². The molecule has 1 unspecified atom stereocenters. The van der Waals surface area contributed by atoms with Crippen molar-refractivity contribution in [1.82, 2.24) is 4.90 Å². The van der Waals surface area contributed by atoms with Gasteiger partial charge in [0.15, 0.2) is 5.76 Å². The summed E-state index contributed by atoms with van der Waals surface area (Å²) >= 11 is 0. The van der Waals surface area contributed by atoms with E-state index in [0.29, 0.717) is 0 Å². The van der Waals surface area contributed by atoms with Gasteiger partial charge in [0.25, 0.3) is 5.91 Å². The molecule has 0 spiro atoms. The lowest BCUT2D eigenvalue weighted by Crippen LogP contribution is -2.44. The standard InChI is InChI=1S/C15H21NO4/c1-11(15(18)19)10-16(12-6-3-2-4-7-12)14(17)13-8-5-9-20-13/h5,8-9,11-12H,2-4,6-7,10H2,1H3,(H,18,19). The van der Waals surface area contributed by atoms with Gasteiger partial charge in [0, 0.05) is 12.6 Å². The highest BCUT2D eigenvalue weighted by Crippen LogP contribution is 2.25. The SMILES string of the molecule is CC(CN(C(=O)c1ccco1)C1CCCCC1)C(=O)O. The van der Waals surface area contributed by atoms with Crippen LogP contribution in [-0.2, 0) is 4.79 Å². The number of carboxylic acid groups (broad SMARTS) is 1. The van der Waals surface area contributed by atoms with Gasteiger partial charge in [-0.1, -0.05) is 26.2 Å². The number of rotatable bonds is 5. The third-order valence-corrected chi connectivity index (χ3v) is 3.90. The molecule has 5 heteroatoms. The minimum absolute atomic E-state index is 0.128. The molecule has 1 heterocycles.